The highest BCUT2D eigenvalue weighted by Gasteiger charge is 2.14. The highest BCUT2D eigenvalue weighted by Crippen LogP contribution is 2.23. The van der Waals surface area contributed by atoms with E-state index in [4.69, 9.17) is 4.74 Å². The number of non-ortho nitro benzene ring substituents is 1. The van der Waals surface area contributed by atoms with Crippen LogP contribution >= 0.6 is 0 Å². The summed E-state index contributed by atoms with van der Waals surface area (Å²) in [4.78, 5) is 20.8. The van der Waals surface area contributed by atoms with Gasteiger partial charge in [0.1, 0.15) is 6.29 Å². The molecule has 0 aliphatic heterocycles. The fourth-order valence-electron chi connectivity index (χ4n) is 1.57. The Morgan fingerprint density at radius 2 is 2.29 bits per heavy atom. The zero-order chi connectivity index (χ0) is 12.7. The van der Waals surface area contributed by atoms with E-state index < -0.39 is 4.92 Å². The molecule has 0 fully saturated rings. The number of aldehydes is 1. The minimum atomic E-state index is -0.442. The number of nitro benzene ring substituents is 1. The summed E-state index contributed by atoms with van der Waals surface area (Å²) in [5.74, 6) is -0.118. The average molecular weight is 237 g/mol. The Morgan fingerprint density at radius 1 is 1.53 bits per heavy atom. The van der Waals surface area contributed by atoms with Crippen LogP contribution in [-0.4, -0.2) is 24.4 Å². The van der Waals surface area contributed by atoms with Crippen molar-refractivity contribution >= 4 is 12.0 Å². The molecule has 5 heteroatoms. The first-order valence-corrected chi connectivity index (χ1v) is 5.44. The molecule has 0 aromatic heterocycles. The van der Waals surface area contributed by atoms with Gasteiger partial charge in [0.2, 0.25) is 0 Å². The molecular weight excluding hydrogens is 222 g/mol. The molecule has 1 aromatic rings. The lowest BCUT2D eigenvalue weighted by Gasteiger charge is -2.14. The highest BCUT2D eigenvalue weighted by molar-refractivity contribution is 5.52. The van der Waals surface area contributed by atoms with Gasteiger partial charge in [0.25, 0.3) is 5.69 Å². The van der Waals surface area contributed by atoms with Crippen LogP contribution in [0, 0.1) is 10.1 Å². The maximum Gasteiger partial charge on any atom is 0.269 e. The Bertz CT molecular complexity index is 392. The Balaban J connectivity index is 2.88. The number of ether oxygens (including phenoxy) is 1. The fraction of sp³-hybridized carbons (Fsp3) is 0.417. The van der Waals surface area contributed by atoms with Crippen LogP contribution in [0.2, 0.25) is 0 Å². The number of hydrogen-bond acceptors (Lipinski definition) is 4. The van der Waals surface area contributed by atoms with E-state index in [1.807, 2.05) is 6.92 Å². The van der Waals surface area contributed by atoms with E-state index in [9.17, 15) is 14.9 Å². The number of carbonyl (C=O) groups is 1. The molecule has 0 saturated carbocycles. The molecule has 0 aliphatic rings. The Kier molecular flexibility index (Phi) is 5.29. The molecule has 0 N–H and O–H groups in total. The molecule has 0 aliphatic carbocycles. The first kappa shape index (κ1) is 13.3. The van der Waals surface area contributed by atoms with Gasteiger partial charge in [0.15, 0.2) is 0 Å². The number of nitro groups is 1. The van der Waals surface area contributed by atoms with Gasteiger partial charge in [-0.2, -0.15) is 0 Å². The van der Waals surface area contributed by atoms with Crippen molar-refractivity contribution in [2.24, 2.45) is 0 Å². The monoisotopic (exact) mass is 237 g/mol. The molecule has 0 bridgehead atoms. The molecule has 17 heavy (non-hydrogen) atoms. The molecule has 1 unspecified atom stereocenters. The molecule has 0 spiro atoms. The first-order chi connectivity index (χ1) is 8.19. The summed E-state index contributed by atoms with van der Waals surface area (Å²) >= 11 is 0. The summed E-state index contributed by atoms with van der Waals surface area (Å²) in [7, 11) is 0. The lowest BCUT2D eigenvalue weighted by atomic mass is 9.97. The summed E-state index contributed by atoms with van der Waals surface area (Å²) in [5.41, 5.74) is 0.801. The number of benzene rings is 1. The van der Waals surface area contributed by atoms with Gasteiger partial charge in [-0.3, -0.25) is 10.1 Å². The topological polar surface area (TPSA) is 69.4 Å². The van der Waals surface area contributed by atoms with Crippen LogP contribution in [0.15, 0.2) is 24.3 Å². The summed E-state index contributed by atoms with van der Waals surface area (Å²) in [6, 6.07) is 6.33. The van der Waals surface area contributed by atoms with Crippen LogP contribution in [0.4, 0.5) is 5.69 Å². The Labute approximate surface area is 99.5 Å². The van der Waals surface area contributed by atoms with Crippen molar-refractivity contribution in [2.75, 3.05) is 13.2 Å². The van der Waals surface area contributed by atoms with E-state index in [2.05, 4.69) is 0 Å². The van der Waals surface area contributed by atoms with E-state index in [-0.39, 0.29) is 11.6 Å². The minimum Gasteiger partial charge on any atom is -0.381 e. The number of rotatable bonds is 7. The molecule has 1 rings (SSSR count). The zero-order valence-corrected chi connectivity index (χ0v) is 9.67. The normalized spacial score (nSPS) is 12.1. The molecule has 1 aromatic carbocycles. The van der Waals surface area contributed by atoms with E-state index in [0.29, 0.717) is 19.6 Å². The van der Waals surface area contributed by atoms with Crippen molar-refractivity contribution in [2.45, 2.75) is 19.3 Å². The van der Waals surface area contributed by atoms with Crippen molar-refractivity contribution in [3.8, 4) is 0 Å². The van der Waals surface area contributed by atoms with E-state index in [1.54, 1.807) is 12.1 Å². The van der Waals surface area contributed by atoms with Crippen LogP contribution in [0.5, 0.6) is 0 Å². The third-order valence-electron chi connectivity index (χ3n) is 2.46. The van der Waals surface area contributed by atoms with Gasteiger partial charge in [-0.05, 0) is 12.5 Å². The second-order valence-corrected chi connectivity index (χ2v) is 3.61. The first-order valence-electron chi connectivity index (χ1n) is 5.44. The third kappa shape index (κ3) is 3.96. The quantitative estimate of drug-likeness (QED) is 0.414. The second-order valence-electron chi connectivity index (χ2n) is 3.61. The van der Waals surface area contributed by atoms with E-state index in [0.717, 1.165) is 11.8 Å². The van der Waals surface area contributed by atoms with Crippen LogP contribution in [0.1, 0.15) is 24.8 Å². The number of nitrogens with zero attached hydrogens (tertiary/aromatic N) is 1. The molecule has 0 amide bonds. The highest BCUT2D eigenvalue weighted by atomic mass is 16.6. The molecule has 1 atom stereocenters. The average Bonchev–Trinajstić information content (AvgIpc) is 2.34. The Hall–Kier alpha value is -1.75. The van der Waals surface area contributed by atoms with Gasteiger partial charge < -0.3 is 9.53 Å². The molecule has 0 heterocycles. The second kappa shape index (κ2) is 6.75. The van der Waals surface area contributed by atoms with Gasteiger partial charge >= 0.3 is 0 Å². The predicted octanol–water partition coefficient (Wildman–Crippen LogP) is 2.30. The smallest absolute Gasteiger partial charge is 0.269 e. The molecule has 0 radical (unpaired) electrons. The lowest BCUT2D eigenvalue weighted by molar-refractivity contribution is -0.384. The summed E-state index contributed by atoms with van der Waals surface area (Å²) in [6.45, 7) is 2.83. The van der Waals surface area contributed by atoms with Gasteiger partial charge in [-0.1, -0.05) is 12.1 Å². The van der Waals surface area contributed by atoms with Crippen molar-refractivity contribution < 1.29 is 14.5 Å². The van der Waals surface area contributed by atoms with Crippen molar-refractivity contribution in [3.05, 3.63) is 39.9 Å². The largest absolute Gasteiger partial charge is 0.381 e. The third-order valence-corrected chi connectivity index (χ3v) is 2.46. The predicted molar refractivity (Wildman–Crippen MR) is 63.0 cm³/mol. The molecule has 0 saturated heterocycles. The lowest BCUT2D eigenvalue weighted by Crippen LogP contribution is -2.09. The van der Waals surface area contributed by atoms with Gasteiger partial charge in [-0.15, -0.1) is 0 Å². The minimum absolute atomic E-state index is 0.0369. The van der Waals surface area contributed by atoms with Crippen molar-refractivity contribution in [1.29, 1.82) is 0 Å². The van der Waals surface area contributed by atoms with Crippen LogP contribution < -0.4 is 0 Å². The molecule has 5 nitrogen and oxygen atoms in total. The maximum absolute atomic E-state index is 10.7. The number of carbonyl (C=O) groups excluding carboxylic acids is 1. The zero-order valence-electron chi connectivity index (χ0n) is 9.67. The van der Waals surface area contributed by atoms with Gasteiger partial charge in [0, 0.05) is 31.1 Å². The van der Waals surface area contributed by atoms with Crippen LogP contribution in [0.25, 0.3) is 0 Å². The van der Waals surface area contributed by atoms with Gasteiger partial charge in [-0.25, -0.2) is 0 Å². The maximum atomic E-state index is 10.7. The van der Waals surface area contributed by atoms with Gasteiger partial charge in [0.05, 0.1) is 11.5 Å². The SMILES string of the molecule is CCOCC(CC=O)c1cccc([N+](=O)[O-])c1. The Morgan fingerprint density at radius 3 is 2.88 bits per heavy atom. The summed E-state index contributed by atoms with van der Waals surface area (Å²) in [6.07, 6.45) is 1.11. The molecular formula is C12H15NO4. The summed E-state index contributed by atoms with van der Waals surface area (Å²) in [5, 5.41) is 10.7. The van der Waals surface area contributed by atoms with E-state index >= 15 is 0 Å². The number of hydrogen-bond donors (Lipinski definition) is 0. The van der Waals surface area contributed by atoms with Crippen molar-refractivity contribution in [3.63, 3.8) is 0 Å². The fourth-order valence-corrected chi connectivity index (χ4v) is 1.57. The summed E-state index contributed by atoms with van der Waals surface area (Å²) < 4.78 is 5.27. The van der Waals surface area contributed by atoms with Crippen molar-refractivity contribution in [1.82, 2.24) is 0 Å². The van der Waals surface area contributed by atoms with E-state index in [1.165, 1.54) is 12.1 Å². The van der Waals surface area contributed by atoms with Crippen LogP contribution in [-0.2, 0) is 9.53 Å². The van der Waals surface area contributed by atoms with Crippen LogP contribution in [0.3, 0.4) is 0 Å². The molecule has 92 valence electrons. The standard InChI is InChI=1S/C12H15NO4/c1-2-17-9-11(6-7-14)10-4-3-5-12(8-10)13(15)16/h3-5,7-8,11H,2,6,9H2,1H3.